The molecule has 0 saturated carbocycles. The zero-order valence-corrected chi connectivity index (χ0v) is 7.95. The molecule has 1 saturated heterocycles. The van der Waals surface area contributed by atoms with Gasteiger partial charge >= 0.3 is 0 Å². The van der Waals surface area contributed by atoms with Crippen LogP contribution in [0.5, 0.6) is 0 Å². The van der Waals surface area contributed by atoms with Crippen LogP contribution in [0.1, 0.15) is 4.88 Å². The molecular weight excluding hydrogens is 170 g/mol. The number of nitrogens with zero attached hydrogens (tertiary/aromatic N) is 1. The van der Waals surface area contributed by atoms with Crippen molar-refractivity contribution in [1.29, 1.82) is 5.41 Å². The van der Waals surface area contributed by atoms with Crippen LogP contribution in [0.2, 0.25) is 0 Å². The standard InChI is InChI=1S/C8H13N3S/c1-6-4-11(8(9)12-6)5-7-2-10-3-7/h4,7,9-10H,2-3,5H2,1H3. The average Bonchev–Trinajstić information content (AvgIpc) is 2.21. The highest BCUT2D eigenvalue weighted by Gasteiger charge is 2.17. The van der Waals surface area contributed by atoms with Crippen LogP contribution in [0.3, 0.4) is 0 Å². The van der Waals surface area contributed by atoms with Crippen molar-refractivity contribution in [1.82, 2.24) is 9.88 Å². The van der Waals surface area contributed by atoms with Gasteiger partial charge in [-0.05, 0) is 6.92 Å². The fourth-order valence-corrected chi connectivity index (χ4v) is 2.14. The molecule has 2 N–H and O–H groups in total. The minimum absolute atomic E-state index is 0.680. The van der Waals surface area contributed by atoms with E-state index in [1.807, 2.05) is 4.57 Å². The van der Waals surface area contributed by atoms with Gasteiger partial charge in [-0.2, -0.15) is 0 Å². The van der Waals surface area contributed by atoms with Crippen LogP contribution in [0.15, 0.2) is 6.20 Å². The second kappa shape index (κ2) is 3.03. The van der Waals surface area contributed by atoms with Crippen LogP contribution in [0.25, 0.3) is 0 Å². The first-order chi connectivity index (χ1) is 5.75. The Kier molecular flexibility index (Phi) is 2.02. The van der Waals surface area contributed by atoms with Gasteiger partial charge in [0, 0.05) is 36.6 Å². The fraction of sp³-hybridized carbons (Fsp3) is 0.625. The first-order valence-corrected chi connectivity index (χ1v) is 4.99. The summed E-state index contributed by atoms with van der Waals surface area (Å²) < 4.78 is 2.05. The summed E-state index contributed by atoms with van der Waals surface area (Å²) in [5.41, 5.74) is 0. The van der Waals surface area contributed by atoms with Crippen molar-refractivity contribution in [3.8, 4) is 0 Å². The quantitative estimate of drug-likeness (QED) is 0.691. The Balaban J connectivity index is 2.11. The van der Waals surface area contributed by atoms with Gasteiger partial charge in [0.2, 0.25) is 0 Å². The normalized spacial score (nSPS) is 17.8. The number of thiazole rings is 1. The van der Waals surface area contributed by atoms with Gasteiger partial charge in [-0.1, -0.05) is 0 Å². The van der Waals surface area contributed by atoms with Crippen LogP contribution in [0, 0.1) is 18.3 Å². The minimum Gasteiger partial charge on any atom is -0.324 e. The maximum atomic E-state index is 7.65. The van der Waals surface area contributed by atoms with E-state index in [2.05, 4.69) is 18.4 Å². The van der Waals surface area contributed by atoms with Gasteiger partial charge in [0.15, 0.2) is 4.80 Å². The van der Waals surface area contributed by atoms with Gasteiger partial charge in [-0.3, -0.25) is 5.41 Å². The second-order valence-electron chi connectivity index (χ2n) is 3.32. The summed E-state index contributed by atoms with van der Waals surface area (Å²) in [5.74, 6) is 0.744. The number of hydrogen-bond acceptors (Lipinski definition) is 3. The molecule has 1 aliphatic rings. The Morgan fingerprint density at radius 2 is 2.50 bits per heavy atom. The predicted molar refractivity (Wildman–Crippen MR) is 49.3 cm³/mol. The van der Waals surface area contributed by atoms with Crippen molar-refractivity contribution in [3.63, 3.8) is 0 Å². The van der Waals surface area contributed by atoms with E-state index >= 15 is 0 Å². The molecule has 0 radical (unpaired) electrons. The molecule has 0 amide bonds. The van der Waals surface area contributed by atoms with E-state index in [0.717, 1.165) is 25.6 Å². The third kappa shape index (κ3) is 1.44. The van der Waals surface area contributed by atoms with Crippen LogP contribution < -0.4 is 10.1 Å². The maximum Gasteiger partial charge on any atom is 0.182 e. The lowest BCUT2D eigenvalue weighted by atomic mass is 10.0. The molecule has 2 rings (SSSR count). The lowest BCUT2D eigenvalue weighted by molar-refractivity contribution is 0.304. The Hall–Kier alpha value is -0.610. The molecule has 0 spiro atoms. The molecule has 4 heteroatoms. The van der Waals surface area contributed by atoms with Crippen molar-refractivity contribution in [2.24, 2.45) is 5.92 Å². The molecule has 1 fully saturated rings. The van der Waals surface area contributed by atoms with E-state index in [-0.39, 0.29) is 0 Å². The Morgan fingerprint density at radius 3 is 2.92 bits per heavy atom. The number of nitrogens with one attached hydrogen (secondary N) is 2. The third-order valence-electron chi connectivity index (χ3n) is 2.18. The van der Waals surface area contributed by atoms with E-state index < -0.39 is 0 Å². The molecule has 0 aromatic carbocycles. The Labute approximate surface area is 75.6 Å². The van der Waals surface area contributed by atoms with Crippen molar-refractivity contribution in [2.75, 3.05) is 13.1 Å². The smallest absolute Gasteiger partial charge is 0.182 e. The lowest BCUT2D eigenvalue weighted by Crippen LogP contribution is -2.45. The highest BCUT2D eigenvalue weighted by atomic mass is 32.1. The van der Waals surface area contributed by atoms with Gasteiger partial charge in [0.1, 0.15) is 0 Å². The zero-order valence-electron chi connectivity index (χ0n) is 7.13. The molecular formula is C8H13N3S. The van der Waals surface area contributed by atoms with Crippen molar-refractivity contribution in [3.05, 3.63) is 15.9 Å². The first-order valence-electron chi connectivity index (χ1n) is 4.18. The third-order valence-corrected chi connectivity index (χ3v) is 3.03. The van der Waals surface area contributed by atoms with Crippen LogP contribution >= 0.6 is 11.3 Å². The Morgan fingerprint density at radius 1 is 1.75 bits per heavy atom. The van der Waals surface area contributed by atoms with Gasteiger partial charge in [0.05, 0.1) is 0 Å². The number of aryl methyl sites for hydroxylation is 1. The zero-order chi connectivity index (χ0) is 8.55. The number of hydrogen-bond donors (Lipinski definition) is 2. The summed E-state index contributed by atoms with van der Waals surface area (Å²) in [6, 6.07) is 0. The molecule has 0 unspecified atom stereocenters. The average molecular weight is 183 g/mol. The summed E-state index contributed by atoms with van der Waals surface area (Å²) in [5, 5.41) is 10.9. The maximum absolute atomic E-state index is 7.65. The molecule has 3 nitrogen and oxygen atoms in total. The lowest BCUT2D eigenvalue weighted by Gasteiger charge is -2.27. The largest absolute Gasteiger partial charge is 0.324 e. The fourth-order valence-electron chi connectivity index (χ4n) is 1.41. The summed E-state index contributed by atoms with van der Waals surface area (Å²) in [6.45, 7) is 5.29. The van der Waals surface area contributed by atoms with E-state index in [0.29, 0.717) is 4.80 Å². The molecule has 12 heavy (non-hydrogen) atoms. The molecule has 1 aromatic rings. The van der Waals surface area contributed by atoms with Gasteiger partial charge < -0.3 is 9.88 Å². The van der Waals surface area contributed by atoms with Crippen molar-refractivity contribution >= 4 is 11.3 Å². The molecule has 0 atom stereocenters. The summed E-state index contributed by atoms with van der Waals surface area (Å²) in [7, 11) is 0. The molecule has 1 aromatic heterocycles. The topological polar surface area (TPSA) is 40.8 Å². The van der Waals surface area contributed by atoms with E-state index in [1.54, 1.807) is 11.3 Å². The van der Waals surface area contributed by atoms with Gasteiger partial charge in [-0.25, -0.2) is 0 Å². The molecule has 66 valence electrons. The SMILES string of the molecule is Cc1cn(CC2CNC2)c(=N)s1. The first kappa shape index (κ1) is 8.01. The summed E-state index contributed by atoms with van der Waals surface area (Å²) in [4.78, 5) is 1.91. The Bertz CT molecular complexity index is 321. The molecule has 0 bridgehead atoms. The number of aromatic nitrogens is 1. The van der Waals surface area contributed by atoms with E-state index in [4.69, 9.17) is 5.41 Å². The van der Waals surface area contributed by atoms with Crippen LogP contribution in [-0.2, 0) is 6.54 Å². The minimum atomic E-state index is 0.680. The van der Waals surface area contributed by atoms with Gasteiger partial charge in [0.25, 0.3) is 0 Å². The molecule has 0 aliphatic carbocycles. The predicted octanol–water partition coefficient (Wildman–Crippen LogP) is 0.557. The second-order valence-corrected chi connectivity index (χ2v) is 4.56. The highest BCUT2D eigenvalue weighted by Crippen LogP contribution is 2.07. The van der Waals surface area contributed by atoms with Crippen molar-refractivity contribution in [2.45, 2.75) is 13.5 Å². The summed E-state index contributed by atoms with van der Waals surface area (Å²) >= 11 is 1.56. The monoisotopic (exact) mass is 183 g/mol. The van der Waals surface area contributed by atoms with Gasteiger partial charge in [-0.15, -0.1) is 11.3 Å². The molecule has 1 aliphatic heterocycles. The number of rotatable bonds is 2. The van der Waals surface area contributed by atoms with E-state index in [1.165, 1.54) is 4.88 Å². The molecule has 2 heterocycles. The van der Waals surface area contributed by atoms with E-state index in [9.17, 15) is 0 Å². The van der Waals surface area contributed by atoms with Crippen LogP contribution in [0.4, 0.5) is 0 Å². The van der Waals surface area contributed by atoms with Crippen LogP contribution in [-0.4, -0.2) is 17.7 Å². The van der Waals surface area contributed by atoms with Crippen molar-refractivity contribution < 1.29 is 0 Å². The highest BCUT2D eigenvalue weighted by molar-refractivity contribution is 7.09. The summed E-state index contributed by atoms with van der Waals surface area (Å²) in [6.07, 6.45) is 2.07.